The predicted octanol–water partition coefficient (Wildman–Crippen LogP) is -0.891. The van der Waals surface area contributed by atoms with Crippen LogP contribution in [0.5, 0.6) is 0 Å². The van der Waals surface area contributed by atoms with E-state index in [1.54, 1.807) is 28.8 Å². The standard InChI is InChI=1S/C10H8N10O/c21-8(10-14-18-19-15-10)5-2-1-3-7-11-4-6(20(5)7)9-12-16-17-13-9/h1-4,8,21H,(H,12,13,16,17)(H,14,15,18,19). The fourth-order valence-electron chi connectivity index (χ4n) is 2.12. The van der Waals surface area contributed by atoms with E-state index in [-0.39, 0.29) is 5.82 Å². The van der Waals surface area contributed by atoms with Gasteiger partial charge in [0.05, 0.1) is 11.9 Å². The van der Waals surface area contributed by atoms with Gasteiger partial charge in [0.15, 0.2) is 6.10 Å². The van der Waals surface area contributed by atoms with Crippen molar-refractivity contribution < 1.29 is 5.11 Å². The van der Waals surface area contributed by atoms with Crippen LogP contribution in [0.2, 0.25) is 0 Å². The normalized spacial score (nSPS) is 12.8. The fourth-order valence-corrected chi connectivity index (χ4v) is 2.12. The predicted molar refractivity (Wildman–Crippen MR) is 66.6 cm³/mol. The molecule has 0 aliphatic heterocycles. The van der Waals surface area contributed by atoms with Crippen molar-refractivity contribution in [1.82, 2.24) is 50.6 Å². The first-order valence-electron chi connectivity index (χ1n) is 5.96. The van der Waals surface area contributed by atoms with Gasteiger partial charge in [0.1, 0.15) is 11.3 Å². The molecular formula is C10H8N10O. The van der Waals surface area contributed by atoms with E-state index >= 15 is 0 Å². The fraction of sp³-hybridized carbons (Fsp3) is 0.100. The third kappa shape index (κ3) is 1.75. The zero-order valence-corrected chi connectivity index (χ0v) is 10.4. The van der Waals surface area contributed by atoms with Gasteiger partial charge in [0, 0.05) is 0 Å². The molecule has 0 aliphatic rings. The summed E-state index contributed by atoms with van der Waals surface area (Å²) in [6.07, 6.45) is 0.541. The molecule has 1 unspecified atom stereocenters. The van der Waals surface area contributed by atoms with Crippen LogP contribution in [-0.4, -0.2) is 55.7 Å². The molecule has 4 aromatic rings. The van der Waals surface area contributed by atoms with Crippen LogP contribution in [0, 0.1) is 0 Å². The highest BCUT2D eigenvalue weighted by Gasteiger charge is 2.21. The van der Waals surface area contributed by atoms with E-state index in [0.717, 1.165) is 0 Å². The van der Waals surface area contributed by atoms with Crippen molar-refractivity contribution in [3.05, 3.63) is 35.9 Å². The number of imidazole rings is 1. The molecule has 0 radical (unpaired) electrons. The molecule has 4 rings (SSSR count). The SMILES string of the molecule is OC(c1nn[nH]n1)c1cccc2ncc(-c3nn[nH]n3)n12. The van der Waals surface area contributed by atoms with Gasteiger partial charge < -0.3 is 5.11 Å². The number of H-pyrrole nitrogens is 2. The Morgan fingerprint density at radius 2 is 1.95 bits per heavy atom. The van der Waals surface area contributed by atoms with Crippen molar-refractivity contribution in [1.29, 1.82) is 0 Å². The van der Waals surface area contributed by atoms with Crippen molar-refractivity contribution in [3.8, 4) is 11.5 Å². The zero-order valence-electron chi connectivity index (χ0n) is 10.4. The minimum absolute atomic E-state index is 0.162. The molecule has 104 valence electrons. The second-order valence-electron chi connectivity index (χ2n) is 4.20. The van der Waals surface area contributed by atoms with E-state index in [2.05, 4.69) is 46.2 Å². The summed E-state index contributed by atoms with van der Waals surface area (Å²) in [6.45, 7) is 0. The van der Waals surface area contributed by atoms with Crippen LogP contribution in [0.3, 0.4) is 0 Å². The van der Waals surface area contributed by atoms with Gasteiger partial charge in [-0.25, -0.2) is 4.98 Å². The monoisotopic (exact) mass is 284 g/mol. The second kappa shape index (κ2) is 4.42. The van der Waals surface area contributed by atoms with Crippen LogP contribution in [0.15, 0.2) is 24.4 Å². The summed E-state index contributed by atoms with van der Waals surface area (Å²) in [5.74, 6) is 0.533. The smallest absolute Gasteiger partial charge is 0.223 e. The largest absolute Gasteiger partial charge is 0.379 e. The van der Waals surface area contributed by atoms with Crippen molar-refractivity contribution in [2.75, 3.05) is 0 Å². The Morgan fingerprint density at radius 1 is 1.10 bits per heavy atom. The van der Waals surface area contributed by atoms with Crippen molar-refractivity contribution in [2.24, 2.45) is 0 Å². The summed E-state index contributed by atoms with van der Waals surface area (Å²) in [7, 11) is 0. The molecule has 21 heavy (non-hydrogen) atoms. The minimum atomic E-state index is -1.06. The first-order chi connectivity index (χ1) is 10.3. The molecule has 0 aliphatic carbocycles. The van der Waals surface area contributed by atoms with Crippen molar-refractivity contribution in [3.63, 3.8) is 0 Å². The molecule has 0 bridgehead atoms. The van der Waals surface area contributed by atoms with Gasteiger partial charge in [-0.15, -0.1) is 20.4 Å². The molecular weight excluding hydrogens is 276 g/mol. The quantitative estimate of drug-likeness (QED) is 0.439. The molecule has 1 atom stereocenters. The van der Waals surface area contributed by atoms with Gasteiger partial charge in [0.2, 0.25) is 11.6 Å². The number of aromatic amines is 2. The van der Waals surface area contributed by atoms with Gasteiger partial charge in [-0.1, -0.05) is 11.3 Å². The summed E-state index contributed by atoms with van der Waals surface area (Å²) in [6, 6.07) is 5.32. The minimum Gasteiger partial charge on any atom is -0.379 e. The Bertz CT molecular complexity index is 865. The second-order valence-corrected chi connectivity index (χ2v) is 4.20. The summed E-state index contributed by atoms with van der Waals surface area (Å²) < 4.78 is 1.71. The van der Waals surface area contributed by atoms with Crippen LogP contribution in [-0.2, 0) is 0 Å². The molecule has 4 aromatic heterocycles. The number of aliphatic hydroxyl groups excluding tert-OH is 1. The lowest BCUT2D eigenvalue weighted by Crippen LogP contribution is -2.09. The van der Waals surface area contributed by atoms with E-state index in [9.17, 15) is 5.11 Å². The maximum absolute atomic E-state index is 10.4. The first-order valence-corrected chi connectivity index (χ1v) is 5.96. The molecule has 0 saturated carbocycles. The van der Waals surface area contributed by atoms with Crippen LogP contribution in [0.25, 0.3) is 17.2 Å². The number of rotatable bonds is 3. The van der Waals surface area contributed by atoms with Crippen molar-refractivity contribution in [2.45, 2.75) is 6.10 Å². The molecule has 4 heterocycles. The van der Waals surface area contributed by atoms with Crippen molar-refractivity contribution >= 4 is 5.65 Å². The molecule has 3 N–H and O–H groups in total. The molecule has 0 amide bonds. The van der Waals surface area contributed by atoms with Gasteiger partial charge in [-0.05, 0) is 17.3 Å². The number of aromatic nitrogens is 10. The number of nitrogens with one attached hydrogen (secondary N) is 2. The highest BCUT2D eigenvalue weighted by Crippen LogP contribution is 2.24. The molecule has 0 spiro atoms. The molecule has 11 nitrogen and oxygen atoms in total. The Morgan fingerprint density at radius 3 is 2.71 bits per heavy atom. The van der Waals surface area contributed by atoms with Crippen LogP contribution < -0.4 is 0 Å². The lowest BCUT2D eigenvalue weighted by molar-refractivity contribution is 0.204. The topological polar surface area (TPSA) is 146 Å². The lowest BCUT2D eigenvalue weighted by atomic mass is 10.2. The average molecular weight is 284 g/mol. The number of nitrogens with zero attached hydrogens (tertiary/aromatic N) is 8. The van der Waals surface area contributed by atoms with E-state index < -0.39 is 6.10 Å². The maximum atomic E-state index is 10.4. The Labute approximate surface area is 116 Å². The molecule has 0 saturated heterocycles. The number of pyridine rings is 1. The lowest BCUT2D eigenvalue weighted by Gasteiger charge is -2.10. The molecule has 0 aromatic carbocycles. The third-order valence-corrected chi connectivity index (χ3v) is 3.02. The van der Waals surface area contributed by atoms with E-state index in [4.69, 9.17) is 0 Å². The average Bonchev–Trinajstić information content (AvgIpc) is 3.24. The van der Waals surface area contributed by atoms with E-state index in [1.807, 2.05) is 0 Å². The van der Waals surface area contributed by atoms with Crippen LogP contribution >= 0.6 is 0 Å². The summed E-state index contributed by atoms with van der Waals surface area (Å²) in [5, 5.41) is 37.5. The van der Waals surface area contributed by atoms with Crippen LogP contribution in [0.4, 0.5) is 0 Å². The highest BCUT2D eigenvalue weighted by atomic mass is 16.3. The third-order valence-electron chi connectivity index (χ3n) is 3.02. The number of hydrogen-bond donors (Lipinski definition) is 3. The summed E-state index contributed by atoms with van der Waals surface area (Å²) in [5.41, 5.74) is 1.75. The molecule has 11 heteroatoms. The van der Waals surface area contributed by atoms with Crippen LogP contribution in [0.1, 0.15) is 17.6 Å². The van der Waals surface area contributed by atoms with E-state index in [1.165, 1.54) is 0 Å². The van der Waals surface area contributed by atoms with Gasteiger partial charge >= 0.3 is 0 Å². The summed E-state index contributed by atoms with van der Waals surface area (Å²) >= 11 is 0. The van der Waals surface area contributed by atoms with Gasteiger partial charge in [-0.2, -0.15) is 10.4 Å². The van der Waals surface area contributed by atoms with E-state index in [0.29, 0.717) is 22.9 Å². The maximum Gasteiger partial charge on any atom is 0.223 e. The summed E-state index contributed by atoms with van der Waals surface area (Å²) in [4.78, 5) is 4.26. The van der Waals surface area contributed by atoms with Gasteiger partial charge in [0.25, 0.3) is 0 Å². The first kappa shape index (κ1) is 11.6. The Kier molecular flexibility index (Phi) is 2.44. The number of hydrogen-bond acceptors (Lipinski definition) is 8. The number of fused-ring (bicyclic) bond motifs is 1. The van der Waals surface area contributed by atoms with Gasteiger partial charge in [-0.3, -0.25) is 4.40 Å². The molecule has 0 fully saturated rings. The zero-order chi connectivity index (χ0) is 14.2. The Balaban J connectivity index is 1.95. The number of aliphatic hydroxyl groups is 1. The highest BCUT2D eigenvalue weighted by molar-refractivity contribution is 5.57. The number of tetrazole rings is 2. The Hall–Kier alpha value is -3.21.